The number of aromatic nitrogens is 1. The highest BCUT2D eigenvalue weighted by molar-refractivity contribution is 6.02. The van der Waals surface area contributed by atoms with Crippen molar-refractivity contribution in [3.8, 4) is 11.3 Å². The van der Waals surface area contributed by atoms with Gasteiger partial charge in [-0.05, 0) is 48.9 Å². The third-order valence-corrected chi connectivity index (χ3v) is 5.44. The largest absolute Gasteiger partial charge is 0.418 e. The first-order valence-electron chi connectivity index (χ1n) is 10.5. The van der Waals surface area contributed by atoms with Crippen LogP contribution in [-0.4, -0.2) is 48.6 Å². The molecule has 0 bridgehead atoms. The Labute approximate surface area is 194 Å². The molecule has 1 saturated heterocycles. The number of halogens is 4. The first kappa shape index (κ1) is 23.8. The second kappa shape index (κ2) is 9.90. The summed E-state index contributed by atoms with van der Waals surface area (Å²) in [5.41, 5.74) is -0.704. The van der Waals surface area contributed by atoms with Crippen molar-refractivity contribution in [2.45, 2.75) is 6.18 Å². The second-order valence-electron chi connectivity index (χ2n) is 7.77. The molecule has 1 fully saturated rings. The molecule has 2 aromatic carbocycles. The Balaban J connectivity index is 1.76. The smallest absolute Gasteiger partial charge is 0.379 e. The van der Waals surface area contributed by atoms with E-state index in [1.165, 1.54) is 30.5 Å². The molecule has 4 rings (SSSR count). The molecule has 3 aromatic rings. The second-order valence-corrected chi connectivity index (χ2v) is 7.77. The number of ether oxygens (including phenoxy) is 1. The number of rotatable bonds is 5. The first-order chi connectivity index (χ1) is 16.2. The SMILES string of the molecule is [CH]c1ccc(C(F)(F)F)c(N(C(=O)CN2CCOCC2)c2ccc(-c3ccccc3F)nc2)c1. The molecule has 5 nitrogen and oxygen atoms in total. The summed E-state index contributed by atoms with van der Waals surface area (Å²) in [7, 11) is 0. The van der Waals surface area contributed by atoms with Crippen LogP contribution in [0.2, 0.25) is 0 Å². The van der Waals surface area contributed by atoms with Crippen molar-refractivity contribution in [1.82, 2.24) is 9.88 Å². The molecule has 1 aromatic heterocycles. The summed E-state index contributed by atoms with van der Waals surface area (Å²) < 4.78 is 61.0. The van der Waals surface area contributed by atoms with Crippen LogP contribution >= 0.6 is 0 Å². The normalized spacial score (nSPS) is 14.7. The van der Waals surface area contributed by atoms with E-state index in [2.05, 4.69) is 4.98 Å². The molecule has 0 saturated carbocycles. The molecule has 176 valence electrons. The Kier molecular flexibility index (Phi) is 6.95. The van der Waals surface area contributed by atoms with Gasteiger partial charge >= 0.3 is 6.18 Å². The molecule has 2 heterocycles. The molecular weight excluding hydrogens is 450 g/mol. The lowest BCUT2D eigenvalue weighted by atomic mass is 10.1. The van der Waals surface area contributed by atoms with Gasteiger partial charge in [-0.3, -0.25) is 19.6 Å². The molecule has 1 amide bonds. The van der Waals surface area contributed by atoms with Crippen LogP contribution in [-0.2, 0) is 15.7 Å². The van der Waals surface area contributed by atoms with Crippen LogP contribution in [0.4, 0.5) is 28.9 Å². The van der Waals surface area contributed by atoms with E-state index in [1.807, 2.05) is 0 Å². The van der Waals surface area contributed by atoms with Crippen LogP contribution in [0.5, 0.6) is 0 Å². The molecule has 9 heteroatoms. The van der Waals surface area contributed by atoms with Gasteiger partial charge in [0.15, 0.2) is 0 Å². The van der Waals surface area contributed by atoms with Crippen molar-refractivity contribution in [2.75, 3.05) is 37.7 Å². The van der Waals surface area contributed by atoms with Crippen molar-refractivity contribution >= 4 is 17.3 Å². The number of nitrogens with zero attached hydrogens (tertiary/aromatic N) is 3. The third-order valence-electron chi connectivity index (χ3n) is 5.44. The molecule has 1 aliphatic rings. The summed E-state index contributed by atoms with van der Waals surface area (Å²) in [6, 6.07) is 12.0. The summed E-state index contributed by atoms with van der Waals surface area (Å²) >= 11 is 0. The minimum absolute atomic E-state index is 0.0723. The van der Waals surface area contributed by atoms with E-state index in [4.69, 9.17) is 11.7 Å². The number of morpholine rings is 1. The van der Waals surface area contributed by atoms with Gasteiger partial charge in [0.25, 0.3) is 0 Å². The number of anilines is 2. The highest BCUT2D eigenvalue weighted by Crippen LogP contribution is 2.40. The highest BCUT2D eigenvalue weighted by atomic mass is 19.4. The van der Waals surface area contributed by atoms with Crippen molar-refractivity contribution in [3.63, 3.8) is 0 Å². The van der Waals surface area contributed by atoms with Crippen molar-refractivity contribution < 1.29 is 27.1 Å². The van der Waals surface area contributed by atoms with Gasteiger partial charge < -0.3 is 4.74 Å². The first-order valence-corrected chi connectivity index (χ1v) is 10.5. The van der Waals surface area contributed by atoms with E-state index in [0.29, 0.717) is 26.3 Å². The Morgan fingerprint density at radius 2 is 1.82 bits per heavy atom. The number of alkyl halides is 3. The molecule has 0 aliphatic carbocycles. The van der Waals surface area contributed by atoms with E-state index >= 15 is 0 Å². The molecule has 0 spiro atoms. The number of carbonyl (C=O) groups is 1. The maximum Gasteiger partial charge on any atom is 0.418 e. The van der Waals surface area contributed by atoms with Crippen molar-refractivity contribution in [3.05, 3.63) is 84.7 Å². The molecule has 0 unspecified atom stereocenters. The standard InChI is InChI=1S/C25H21F4N3O2/c1-17-6-8-20(25(27,28)29)23(14-17)32(24(33)16-31-10-12-34-13-11-31)18-7-9-22(30-15-18)19-4-2-3-5-21(19)26/h1-9,14-15H,10-13,16H2. The van der Waals surface area contributed by atoms with E-state index in [1.54, 1.807) is 17.0 Å². The van der Waals surface area contributed by atoms with Crippen molar-refractivity contribution in [1.29, 1.82) is 0 Å². The van der Waals surface area contributed by atoms with Crippen molar-refractivity contribution in [2.24, 2.45) is 0 Å². The van der Waals surface area contributed by atoms with Gasteiger partial charge in [0.05, 0.1) is 48.6 Å². The van der Waals surface area contributed by atoms with Crippen LogP contribution in [0.1, 0.15) is 11.1 Å². The molecule has 34 heavy (non-hydrogen) atoms. The van der Waals surface area contributed by atoms with E-state index in [9.17, 15) is 22.4 Å². The monoisotopic (exact) mass is 471 g/mol. The lowest BCUT2D eigenvalue weighted by molar-refractivity contribution is -0.137. The molecule has 2 radical (unpaired) electrons. The van der Waals surface area contributed by atoms with Crippen LogP contribution in [0.3, 0.4) is 0 Å². The molecule has 1 aliphatic heterocycles. The zero-order valence-corrected chi connectivity index (χ0v) is 18.1. The lowest BCUT2D eigenvalue weighted by Gasteiger charge is -2.31. The van der Waals surface area contributed by atoms with E-state index in [-0.39, 0.29) is 29.1 Å². The summed E-state index contributed by atoms with van der Waals surface area (Å²) in [6.07, 6.45) is -3.47. The summed E-state index contributed by atoms with van der Waals surface area (Å²) in [5, 5.41) is 0. The Hall–Kier alpha value is -3.30. The number of benzene rings is 2. The van der Waals surface area contributed by atoms with E-state index < -0.39 is 29.2 Å². The Morgan fingerprint density at radius 3 is 2.47 bits per heavy atom. The fourth-order valence-corrected chi connectivity index (χ4v) is 3.76. The van der Waals surface area contributed by atoms with Crippen LogP contribution in [0, 0.1) is 12.7 Å². The van der Waals surface area contributed by atoms with Gasteiger partial charge in [0, 0.05) is 18.7 Å². The Bertz CT molecular complexity index is 1160. The summed E-state index contributed by atoms with van der Waals surface area (Å²) in [4.78, 5) is 20.3. The third kappa shape index (κ3) is 5.26. The zero-order valence-electron chi connectivity index (χ0n) is 18.1. The van der Waals surface area contributed by atoms with Gasteiger partial charge in [-0.15, -0.1) is 0 Å². The van der Waals surface area contributed by atoms with Gasteiger partial charge in [-0.1, -0.05) is 18.2 Å². The van der Waals surface area contributed by atoms with Gasteiger partial charge in [-0.2, -0.15) is 13.2 Å². The van der Waals surface area contributed by atoms with Crippen LogP contribution in [0.25, 0.3) is 11.3 Å². The zero-order chi connectivity index (χ0) is 24.3. The Morgan fingerprint density at radius 1 is 1.09 bits per heavy atom. The minimum Gasteiger partial charge on any atom is -0.379 e. The number of carbonyl (C=O) groups excluding carboxylic acids is 1. The maximum absolute atomic E-state index is 14.2. The maximum atomic E-state index is 14.2. The van der Waals surface area contributed by atoms with Gasteiger partial charge in [0.2, 0.25) is 5.91 Å². The van der Waals surface area contributed by atoms with Crippen LogP contribution < -0.4 is 4.90 Å². The lowest BCUT2D eigenvalue weighted by Crippen LogP contribution is -2.44. The molecule has 0 atom stereocenters. The van der Waals surface area contributed by atoms with Gasteiger partial charge in [-0.25, -0.2) is 4.39 Å². The summed E-state index contributed by atoms with van der Waals surface area (Å²) in [6.45, 7) is 7.49. The fourth-order valence-electron chi connectivity index (χ4n) is 3.76. The fraction of sp³-hybridized carbons (Fsp3) is 0.240. The highest BCUT2D eigenvalue weighted by Gasteiger charge is 2.37. The number of pyridine rings is 1. The van der Waals surface area contributed by atoms with E-state index in [0.717, 1.165) is 23.1 Å². The molecule has 0 N–H and O–H groups in total. The van der Waals surface area contributed by atoms with Crippen LogP contribution in [0.15, 0.2) is 60.8 Å². The topological polar surface area (TPSA) is 45.7 Å². The predicted octanol–water partition coefficient (Wildman–Crippen LogP) is 4.96. The summed E-state index contributed by atoms with van der Waals surface area (Å²) in [5.74, 6) is -1.07. The quantitative estimate of drug-likeness (QED) is 0.494. The number of hydrogen-bond acceptors (Lipinski definition) is 4. The van der Waals surface area contributed by atoms with Gasteiger partial charge in [0.1, 0.15) is 5.82 Å². The number of amides is 1. The minimum atomic E-state index is -4.72. The average Bonchev–Trinajstić information content (AvgIpc) is 2.80. The average molecular weight is 471 g/mol. The predicted molar refractivity (Wildman–Crippen MR) is 119 cm³/mol. The molecular formula is C25H21F4N3O2. The number of hydrogen-bond donors (Lipinski definition) is 0.